The zero-order valence-corrected chi connectivity index (χ0v) is 10.0. The number of halogens is 1. The van der Waals surface area contributed by atoms with Crippen LogP contribution in [0.15, 0.2) is 48.7 Å². The van der Waals surface area contributed by atoms with E-state index in [-0.39, 0.29) is 12.4 Å². The number of pyridine rings is 2. The predicted octanol–water partition coefficient (Wildman–Crippen LogP) is 2.93. The zero-order chi connectivity index (χ0) is 13.2. The van der Waals surface area contributed by atoms with Gasteiger partial charge in [0.25, 0.3) is 0 Å². The zero-order valence-electron chi connectivity index (χ0n) is 10.0. The maximum atomic E-state index is 13.3. The molecule has 1 N–H and O–H groups in total. The van der Waals surface area contributed by atoms with Gasteiger partial charge in [0, 0.05) is 17.6 Å². The standard InChI is InChI=1S/C15H11FN2O/c16-11-4-5-12-10(9-19)7-15(18-14(12)8-11)13-3-1-2-6-17-13/h1-8,19H,9H2. The molecule has 19 heavy (non-hydrogen) atoms. The molecular weight excluding hydrogens is 243 g/mol. The molecule has 0 aliphatic carbocycles. The minimum absolute atomic E-state index is 0.121. The summed E-state index contributed by atoms with van der Waals surface area (Å²) in [5, 5.41) is 10.2. The Labute approximate surface area is 109 Å². The summed E-state index contributed by atoms with van der Waals surface area (Å²) in [5.41, 5.74) is 2.56. The lowest BCUT2D eigenvalue weighted by atomic mass is 10.1. The van der Waals surface area contributed by atoms with Crippen LogP contribution in [0.3, 0.4) is 0 Å². The van der Waals surface area contributed by atoms with E-state index >= 15 is 0 Å². The third kappa shape index (κ3) is 2.18. The van der Waals surface area contributed by atoms with Crippen LogP contribution in [0.2, 0.25) is 0 Å². The number of hydrogen-bond donors (Lipinski definition) is 1. The molecule has 0 fully saturated rings. The topological polar surface area (TPSA) is 46.0 Å². The van der Waals surface area contributed by atoms with Crippen LogP contribution in [0.4, 0.5) is 4.39 Å². The van der Waals surface area contributed by atoms with Gasteiger partial charge in [0.15, 0.2) is 0 Å². The molecular formula is C15H11FN2O. The van der Waals surface area contributed by atoms with Crippen molar-refractivity contribution < 1.29 is 9.50 Å². The van der Waals surface area contributed by atoms with E-state index in [1.165, 1.54) is 12.1 Å². The first kappa shape index (κ1) is 11.7. The molecule has 0 saturated carbocycles. The van der Waals surface area contributed by atoms with Crippen molar-refractivity contribution in [2.45, 2.75) is 6.61 Å². The summed E-state index contributed by atoms with van der Waals surface area (Å²) in [4.78, 5) is 8.62. The molecule has 0 aliphatic rings. The van der Waals surface area contributed by atoms with Crippen LogP contribution in [0.1, 0.15) is 5.56 Å². The van der Waals surface area contributed by atoms with Crippen LogP contribution in [-0.4, -0.2) is 15.1 Å². The SMILES string of the molecule is OCc1cc(-c2ccccn2)nc2cc(F)ccc12. The Kier molecular flexibility index (Phi) is 2.93. The van der Waals surface area contributed by atoms with Gasteiger partial charge in [-0.25, -0.2) is 9.37 Å². The lowest BCUT2D eigenvalue weighted by molar-refractivity contribution is 0.283. The smallest absolute Gasteiger partial charge is 0.125 e. The van der Waals surface area contributed by atoms with E-state index in [4.69, 9.17) is 0 Å². The van der Waals surface area contributed by atoms with Crippen molar-refractivity contribution >= 4 is 10.9 Å². The minimum Gasteiger partial charge on any atom is -0.392 e. The van der Waals surface area contributed by atoms with Gasteiger partial charge in [-0.2, -0.15) is 0 Å². The van der Waals surface area contributed by atoms with Crippen molar-refractivity contribution in [1.29, 1.82) is 0 Å². The Morgan fingerprint density at radius 1 is 1.05 bits per heavy atom. The van der Waals surface area contributed by atoms with E-state index in [1.807, 2.05) is 18.2 Å². The molecule has 0 unspecified atom stereocenters. The van der Waals surface area contributed by atoms with Crippen LogP contribution in [-0.2, 0) is 6.61 Å². The molecule has 1 aromatic carbocycles. The van der Waals surface area contributed by atoms with E-state index in [9.17, 15) is 9.50 Å². The second kappa shape index (κ2) is 4.74. The highest BCUT2D eigenvalue weighted by Crippen LogP contribution is 2.24. The van der Waals surface area contributed by atoms with E-state index in [0.717, 1.165) is 5.39 Å². The van der Waals surface area contributed by atoms with Gasteiger partial charge in [-0.1, -0.05) is 6.07 Å². The van der Waals surface area contributed by atoms with Crippen molar-refractivity contribution in [3.63, 3.8) is 0 Å². The highest BCUT2D eigenvalue weighted by Gasteiger charge is 2.08. The van der Waals surface area contributed by atoms with Crippen molar-refractivity contribution in [1.82, 2.24) is 9.97 Å². The van der Waals surface area contributed by atoms with E-state index in [2.05, 4.69) is 9.97 Å². The van der Waals surface area contributed by atoms with Crippen molar-refractivity contribution in [3.8, 4) is 11.4 Å². The Morgan fingerprint density at radius 2 is 1.95 bits per heavy atom. The molecule has 2 heterocycles. The Morgan fingerprint density at radius 3 is 2.68 bits per heavy atom. The van der Waals surface area contributed by atoms with Crippen molar-refractivity contribution in [2.75, 3.05) is 0 Å². The fourth-order valence-electron chi connectivity index (χ4n) is 2.05. The number of hydrogen-bond acceptors (Lipinski definition) is 3. The summed E-state index contributed by atoms with van der Waals surface area (Å²) < 4.78 is 13.3. The summed E-state index contributed by atoms with van der Waals surface area (Å²) >= 11 is 0. The first-order valence-corrected chi connectivity index (χ1v) is 5.89. The number of fused-ring (bicyclic) bond motifs is 1. The quantitative estimate of drug-likeness (QED) is 0.764. The van der Waals surface area contributed by atoms with Gasteiger partial charge >= 0.3 is 0 Å². The van der Waals surface area contributed by atoms with E-state index in [0.29, 0.717) is 22.5 Å². The predicted molar refractivity (Wildman–Crippen MR) is 70.9 cm³/mol. The second-order valence-corrected chi connectivity index (χ2v) is 4.20. The van der Waals surface area contributed by atoms with Crippen LogP contribution in [0.25, 0.3) is 22.3 Å². The Bertz CT molecular complexity index is 729. The summed E-state index contributed by atoms with van der Waals surface area (Å²) in [7, 11) is 0. The Balaban J connectivity index is 2.27. The fraction of sp³-hybridized carbons (Fsp3) is 0.0667. The summed E-state index contributed by atoms with van der Waals surface area (Å²) in [6.07, 6.45) is 1.67. The third-order valence-corrected chi connectivity index (χ3v) is 2.96. The number of nitrogens with zero attached hydrogens (tertiary/aromatic N) is 2. The van der Waals surface area contributed by atoms with Gasteiger partial charge < -0.3 is 5.11 Å². The molecule has 3 aromatic rings. The second-order valence-electron chi connectivity index (χ2n) is 4.20. The normalized spacial score (nSPS) is 10.8. The fourth-order valence-corrected chi connectivity index (χ4v) is 2.05. The van der Waals surface area contributed by atoms with Crippen molar-refractivity contribution in [2.24, 2.45) is 0 Å². The van der Waals surface area contributed by atoms with Gasteiger partial charge in [0.05, 0.1) is 23.5 Å². The first-order chi connectivity index (χ1) is 9.28. The number of aliphatic hydroxyl groups is 1. The molecule has 0 radical (unpaired) electrons. The first-order valence-electron chi connectivity index (χ1n) is 5.89. The van der Waals surface area contributed by atoms with Crippen LogP contribution < -0.4 is 0 Å². The van der Waals surface area contributed by atoms with E-state index in [1.54, 1.807) is 18.3 Å². The molecule has 0 amide bonds. The lowest BCUT2D eigenvalue weighted by Gasteiger charge is -2.07. The molecule has 3 rings (SSSR count). The molecule has 0 bridgehead atoms. The van der Waals surface area contributed by atoms with Gasteiger partial charge in [-0.05, 0) is 35.9 Å². The largest absolute Gasteiger partial charge is 0.392 e. The molecule has 0 spiro atoms. The minimum atomic E-state index is -0.345. The van der Waals surface area contributed by atoms with E-state index < -0.39 is 0 Å². The summed E-state index contributed by atoms with van der Waals surface area (Å²) in [6.45, 7) is -0.121. The summed E-state index contributed by atoms with van der Waals surface area (Å²) in [6, 6.07) is 11.6. The molecule has 94 valence electrons. The number of benzene rings is 1. The van der Waals surface area contributed by atoms with Gasteiger partial charge in [0.1, 0.15) is 5.82 Å². The van der Waals surface area contributed by atoms with Gasteiger partial charge in [-0.15, -0.1) is 0 Å². The van der Waals surface area contributed by atoms with Crippen LogP contribution in [0, 0.1) is 5.82 Å². The molecule has 3 nitrogen and oxygen atoms in total. The summed E-state index contributed by atoms with van der Waals surface area (Å²) in [5.74, 6) is -0.345. The maximum absolute atomic E-state index is 13.3. The highest BCUT2D eigenvalue weighted by molar-refractivity contribution is 5.84. The van der Waals surface area contributed by atoms with Gasteiger partial charge in [-0.3, -0.25) is 4.98 Å². The third-order valence-electron chi connectivity index (χ3n) is 2.96. The van der Waals surface area contributed by atoms with Crippen LogP contribution >= 0.6 is 0 Å². The van der Waals surface area contributed by atoms with Crippen molar-refractivity contribution in [3.05, 3.63) is 60.0 Å². The molecule has 0 saturated heterocycles. The monoisotopic (exact) mass is 254 g/mol. The Hall–Kier alpha value is -2.33. The average Bonchev–Trinajstić information content (AvgIpc) is 2.46. The number of aliphatic hydroxyl groups excluding tert-OH is 1. The molecule has 0 atom stereocenters. The molecule has 0 aliphatic heterocycles. The average molecular weight is 254 g/mol. The lowest BCUT2D eigenvalue weighted by Crippen LogP contribution is -1.94. The highest BCUT2D eigenvalue weighted by atomic mass is 19.1. The van der Waals surface area contributed by atoms with Gasteiger partial charge in [0.2, 0.25) is 0 Å². The maximum Gasteiger partial charge on any atom is 0.125 e. The molecule has 2 aromatic heterocycles. The number of rotatable bonds is 2. The number of aromatic nitrogens is 2. The molecule has 4 heteroatoms. The van der Waals surface area contributed by atoms with Crippen LogP contribution in [0.5, 0.6) is 0 Å².